The fraction of sp³-hybridized carbons (Fsp3) is 0.538. The van der Waals surface area contributed by atoms with Gasteiger partial charge in [0.2, 0.25) is 0 Å². The summed E-state index contributed by atoms with van der Waals surface area (Å²) < 4.78 is 27.8. The first-order valence-electron chi connectivity index (χ1n) is 6.13. The molecular formula is C13H18BrClF2N2. The molecule has 1 aromatic rings. The molecule has 1 heterocycles. The first-order valence-corrected chi connectivity index (χ1v) is 6.92. The Morgan fingerprint density at radius 2 is 1.95 bits per heavy atom. The van der Waals surface area contributed by atoms with Crippen molar-refractivity contribution in [2.45, 2.75) is 25.4 Å². The molecule has 2 nitrogen and oxygen atoms in total. The topological polar surface area (TPSA) is 15.3 Å². The summed E-state index contributed by atoms with van der Waals surface area (Å²) in [5.74, 6) is -0.965. The Bertz CT molecular complexity index is 425. The van der Waals surface area contributed by atoms with Crippen LogP contribution in [0.2, 0.25) is 0 Å². The van der Waals surface area contributed by atoms with E-state index in [0.29, 0.717) is 17.1 Å². The SMILES string of the molecule is CN(Cc1c(F)ccc(Br)c1F)C1CCNCC1.Cl. The summed E-state index contributed by atoms with van der Waals surface area (Å²) in [6, 6.07) is 3.10. The minimum absolute atomic E-state index is 0. The molecule has 0 unspecified atom stereocenters. The predicted octanol–water partition coefficient (Wildman–Crippen LogP) is 3.33. The molecule has 1 saturated heterocycles. The van der Waals surface area contributed by atoms with Gasteiger partial charge in [-0.3, -0.25) is 4.90 Å². The van der Waals surface area contributed by atoms with Crippen molar-refractivity contribution in [3.8, 4) is 0 Å². The highest BCUT2D eigenvalue weighted by Crippen LogP contribution is 2.24. The van der Waals surface area contributed by atoms with Crippen molar-refractivity contribution in [2.75, 3.05) is 20.1 Å². The van der Waals surface area contributed by atoms with E-state index in [1.165, 1.54) is 12.1 Å². The highest BCUT2D eigenvalue weighted by Gasteiger charge is 2.21. The Balaban J connectivity index is 0.00000180. The van der Waals surface area contributed by atoms with Gasteiger partial charge in [0.1, 0.15) is 11.6 Å². The maximum atomic E-state index is 13.9. The molecule has 2 rings (SSSR count). The van der Waals surface area contributed by atoms with Gasteiger partial charge in [-0.25, -0.2) is 8.78 Å². The summed E-state index contributed by atoms with van der Waals surface area (Å²) in [6.45, 7) is 2.25. The monoisotopic (exact) mass is 354 g/mol. The van der Waals surface area contributed by atoms with Gasteiger partial charge in [0.25, 0.3) is 0 Å². The van der Waals surface area contributed by atoms with Crippen LogP contribution in [0, 0.1) is 11.6 Å². The van der Waals surface area contributed by atoms with Crippen LogP contribution in [0.15, 0.2) is 16.6 Å². The summed E-state index contributed by atoms with van der Waals surface area (Å²) in [4.78, 5) is 2.04. The third-order valence-corrected chi connectivity index (χ3v) is 4.09. The van der Waals surface area contributed by atoms with Gasteiger partial charge < -0.3 is 5.32 Å². The smallest absolute Gasteiger partial charge is 0.144 e. The van der Waals surface area contributed by atoms with E-state index in [4.69, 9.17) is 0 Å². The zero-order valence-electron chi connectivity index (χ0n) is 10.8. The fourth-order valence-electron chi connectivity index (χ4n) is 2.34. The zero-order chi connectivity index (χ0) is 13.1. The quantitative estimate of drug-likeness (QED) is 0.837. The van der Waals surface area contributed by atoms with Crippen LogP contribution < -0.4 is 5.32 Å². The number of hydrogen-bond donors (Lipinski definition) is 1. The molecule has 1 aliphatic rings. The van der Waals surface area contributed by atoms with E-state index in [9.17, 15) is 8.78 Å². The van der Waals surface area contributed by atoms with Crippen molar-refractivity contribution in [1.82, 2.24) is 10.2 Å². The summed E-state index contributed by atoms with van der Waals surface area (Å²) >= 11 is 3.10. The van der Waals surface area contributed by atoms with Crippen LogP contribution in [-0.2, 0) is 6.54 Å². The van der Waals surface area contributed by atoms with E-state index < -0.39 is 11.6 Å². The Morgan fingerprint density at radius 3 is 2.58 bits per heavy atom. The van der Waals surface area contributed by atoms with Crippen LogP contribution in [0.3, 0.4) is 0 Å². The standard InChI is InChI=1S/C13H17BrF2N2.ClH/c1-18(9-4-6-17-7-5-9)8-10-12(15)3-2-11(14)13(10)16;/h2-3,9,17H,4-8H2,1H3;1H. The van der Waals surface area contributed by atoms with Gasteiger partial charge in [-0.1, -0.05) is 0 Å². The van der Waals surface area contributed by atoms with Gasteiger partial charge in [-0.05, 0) is 61.0 Å². The molecule has 1 fully saturated rings. The maximum absolute atomic E-state index is 13.9. The van der Waals surface area contributed by atoms with Crippen LogP contribution in [0.5, 0.6) is 0 Å². The number of piperidine rings is 1. The summed E-state index contributed by atoms with van der Waals surface area (Å²) in [7, 11) is 1.93. The second-order valence-corrected chi connectivity index (χ2v) is 5.57. The van der Waals surface area contributed by atoms with Crippen molar-refractivity contribution in [3.63, 3.8) is 0 Å². The van der Waals surface area contributed by atoms with Gasteiger partial charge >= 0.3 is 0 Å². The van der Waals surface area contributed by atoms with Crippen LogP contribution in [0.4, 0.5) is 8.78 Å². The predicted molar refractivity (Wildman–Crippen MR) is 78.7 cm³/mol. The Labute approximate surface area is 127 Å². The normalized spacial score (nSPS) is 16.5. The molecule has 0 atom stereocenters. The molecule has 1 N–H and O–H groups in total. The molecule has 0 spiro atoms. The summed E-state index contributed by atoms with van der Waals surface area (Å²) in [5.41, 5.74) is 0.144. The van der Waals surface area contributed by atoms with Crippen LogP contribution in [0.25, 0.3) is 0 Å². The highest BCUT2D eigenvalue weighted by molar-refractivity contribution is 9.10. The molecule has 1 aromatic carbocycles. The van der Waals surface area contributed by atoms with Gasteiger partial charge in [-0.2, -0.15) is 0 Å². The van der Waals surface area contributed by atoms with E-state index in [1.807, 2.05) is 11.9 Å². The second kappa shape index (κ2) is 7.53. The average molecular weight is 356 g/mol. The van der Waals surface area contributed by atoms with Gasteiger partial charge in [0, 0.05) is 18.2 Å². The number of halogens is 4. The number of benzene rings is 1. The third kappa shape index (κ3) is 4.12. The Hall–Kier alpha value is -0.230. The first-order chi connectivity index (χ1) is 8.59. The maximum Gasteiger partial charge on any atom is 0.144 e. The minimum atomic E-state index is -0.490. The zero-order valence-corrected chi connectivity index (χ0v) is 13.2. The molecule has 0 saturated carbocycles. The number of hydrogen-bond acceptors (Lipinski definition) is 2. The summed E-state index contributed by atoms with van der Waals surface area (Å²) in [6.07, 6.45) is 2.04. The molecular weight excluding hydrogens is 338 g/mol. The van der Waals surface area contributed by atoms with Crippen molar-refractivity contribution in [3.05, 3.63) is 33.8 Å². The van der Waals surface area contributed by atoms with E-state index in [-0.39, 0.29) is 18.0 Å². The van der Waals surface area contributed by atoms with Gasteiger partial charge in [-0.15, -0.1) is 12.4 Å². The number of rotatable bonds is 3. The third-order valence-electron chi connectivity index (χ3n) is 3.48. The van der Waals surface area contributed by atoms with Crippen LogP contribution >= 0.6 is 28.3 Å². The molecule has 0 amide bonds. The minimum Gasteiger partial charge on any atom is -0.317 e. The van der Waals surface area contributed by atoms with Crippen molar-refractivity contribution in [1.29, 1.82) is 0 Å². The lowest BCUT2D eigenvalue weighted by Crippen LogP contribution is -2.41. The van der Waals surface area contributed by atoms with E-state index in [0.717, 1.165) is 25.9 Å². The van der Waals surface area contributed by atoms with Crippen molar-refractivity contribution >= 4 is 28.3 Å². The van der Waals surface area contributed by atoms with Crippen LogP contribution in [-0.4, -0.2) is 31.1 Å². The first kappa shape index (κ1) is 16.8. The lowest BCUT2D eigenvalue weighted by molar-refractivity contribution is 0.187. The largest absolute Gasteiger partial charge is 0.317 e. The lowest BCUT2D eigenvalue weighted by Gasteiger charge is -2.31. The van der Waals surface area contributed by atoms with E-state index in [2.05, 4.69) is 21.2 Å². The molecule has 1 aliphatic heterocycles. The molecule has 0 aliphatic carbocycles. The average Bonchev–Trinajstić information content (AvgIpc) is 2.40. The van der Waals surface area contributed by atoms with E-state index in [1.54, 1.807) is 0 Å². The number of nitrogens with one attached hydrogen (secondary N) is 1. The van der Waals surface area contributed by atoms with Gasteiger partial charge in [0.15, 0.2) is 0 Å². The molecule has 0 bridgehead atoms. The van der Waals surface area contributed by atoms with Crippen molar-refractivity contribution in [2.24, 2.45) is 0 Å². The number of nitrogens with zero attached hydrogens (tertiary/aromatic N) is 1. The highest BCUT2D eigenvalue weighted by atomic mass is 79.9. The molecule has 108 valence electrons. The molecule has 0 aromatic heterocycles. The summed E-state index contributed by atoms with van der Waals surface area (Å²) in [5, 5.41) is 3.28. The van der Waals surface area contributed by atoms with Gasteiger partial charge in [0.05, 0.1) is 4.47 Å². The second-order valence-electron chi connectivity index (χ2n) is 4.72. The lowest BCUT2D eigenvalue weighted by atomic mass is 10.0. The Morgan fingerprint density at radius 1 is 1.32 bits per heavy atom. The Kier molecular flexibility index (Phi) is 6.66. The van der Waals surface area contributed by atoms with Crippen molar-refractivity contribution < 1.29 is 8.78 Å². The molecule has 19 heavy (non-hydrogen) atoms. The molecule has 0 radical (unpaired) electrons. The molecule has 6 heteroatoms. The fourth-order valence-corrected chi connectivity index (χ4v) is 2.71. The van der Waals surface area contributed by atoms with Crippen LogP contribution in [0.1, 0.15) is 18.4 Å². The van der Waals surface area contributed by atoms with E-state index >= 15 is 0 Å².